The fourth-order valence-corrected chi connectivity index (χ4v) is 3.15. The first-order valence-electron chi connectivity index (χ1n) is 7.25. The Morgan fingerprint density at radius 3 is 2.50 bits per heavy atom. The van der Waals surface area contributed by atoms with Gasteiger partial charge in [-0.2, -0.15) is 0 Å². The zero-order valence-electron chi connectivity index (χ0n) is 12.1. The van der Waals surface area contributed by atoms with Crippen LogP contribution in [0, 0.1) is 5.92 Å². The highest BCUT2D eigenvalue weighted by molar-refractivity contribution is 5.84. The fraction of sp³-hybridized carbons (Fsp3) is 0.929. The summed E-state index contributed by atoms with van der Waals surface area (Å²) in [5.74, 6) is 0.921. The van der Waals surface area contributed by atoms with Crippen LogP contribution in [0.3, 0.4) is 0 Å². The first-order chi connectivity index (χ1) is 8.49. The molecule has 0 saturated carbocycles. The molecule has 1 N–H and O–H groups in total. The molecule has 2 heterocycles. The first-order valence-corrected chi connectivity index (χ1v) is 7.25. The molecule has 0 aromatic heterocycles. The Morgan fingerprint density at radius 1 is 1.33 bits per heavy atom. The Kier molecular flexibility index (Phi) is 4.28. The van der Waals surface area contributed by atoms with E-state index in [2.05, 4.69) is 36.0 Å². The number of carbonyl (C=O) groups is 1. The second-order valence-corrected chi connectivity index (χ2v) is 6.31. The van der Waals surface area contributed by atoms with Gasteiger partial charge < -0.3 is 9.80 Å². The lowest BCUT2D eigenvalue weighted by molar-refractivity contribution is -0.133. The molecule has 0 aromatic rings. The molecule has 0 aromatic carbocycles. The summed E-state index contributed by atoms with van der Waals surface area (Å²) in [6, 6.07) is 0.434. The van der Waals surface area contributed by atoms with Gasteiger partial charge in [0.1, 0.15) is 0 Å². The lowest BCUT2D eigenvalue weighted by Crippen LogP contribution is -2.49. The molecular formula is C14H27N3O. The van der Waals surface area contributed by atoms with Gasteiger partial charge in [0.05, 0.1) is 12.2 Å². The molecule has 2 aliphatic rings. The summed E-state index contributed by atoms with van der Waals surface area (Å²) < 4.78 is 0. The second kappa shape index (κ2) is 5.57. The van der Waals surface area contributed by atoms with Crippen LogP contribution in [0.5, 0.6) is 0 Å². The van der Waals surface area contributed by atoms with E-state index >= 15 is 0 Å². The Hall–Kier alpha value is -0.610. The van der Waals surface area contributed by atoms with Crippen LogP contribution in [-0.2, 0) is 4.79 Å². The topological polar surface area (TPSA) is 35.6 Å². The van der Waals surface area contributed by atoms with E-state index in [0.29, 0.717) is 17.9 Å². The maximum Gasteiger partial charge on any atom is 0.240 e. The van der Waals surface area contributed by atoms with Gasteiger partial charge >= 0.3 is 0 Å². The number of nitrogens with one attached hydrogen (secondary N) is 1. The molecule has 2 rings (SSSR count). The van der Waals surface area contributed by atoms with E-state index in [4.69, 9.17) is 0 Å². The number of hydrogen-bond acceptors (Lipinski definition) is 3. The average molecular weight is 253 g/mol. The number of nitrogens with zero attached hydrogens (tertiary/aromatic N) is 2. The smallest absolute Gasteiger partial charge is 0.240 e. The van der Waals surface area contributed by atoms with E-state index in [1.807, 2.05) is 6.92 Å². The maximum absolute atomic E-state index is 12.3. The quantitative estimate of drug-likeness (QED) is 0.823. The molecule has 2 fully saturated rings. The van der Waals surface area contributed by atoms with Crippen molar-refractivity contribution in [1.29, 1.82) is 0 Å². The summed E-state index contributed by atoms with van der Waals surface area (Å²) in [5, 5.41) is 3.46. The standard InChI is InChI=1S/C14H27N3O/c1-10(2)9-13-15-11(3)14(18)17(13)12-5-7-16(4)8-6-12/h10-13,15H,5-9H2,1-4H3. The van der Waals surface area contributed by atoms with Crippen molar-refractivity contribution in [1.82, 2.24) is 15.1 Å². The summed E-state index contributed by atoms with van der Waals surface area (Å²) in [5.41, 5.74) is 0. The first kappa shape index (κ1) is 13.8. The van der Waals surface area contributed by atoms with Crippen LogP contribution >= 0.6 is 0 Å². The van der Waals surface area contributed by atoms with Gasteiger partial charge in [-0.3, -0.25) is 10.1 Å². The molecular weight excluding hydrogens is 226 g/mol. The lowest BCUT2D eigenvalue weighted by atomic mass is 10.0. The molecule has 0 spiro atoms. The summed E-state index contributed by atoms with van der Waals surface area (Å²) in [4.78, 5) is 16.8. The molecule has 2 saturated heterocycles. The molecule has 2 aliphatic heterocycles. The molecule has 2 unspecified atom stereocenters. The van der Waals surface area contributed by atoms with Gasteiger partial charge in [-0.25, -0.2) is 0 Å². The van der Waals surface area contributed by atoms with Crippen LogP contribution < -0.4 is 5.32 Å². The van der Waals surface area contributed by atoms with Crippen molar-refractivity contribution in [2.24, 2.45) is 5.92 Å². The third kappa shape index (κ3) is 2.86. The van der Waals surface area contributed by atoms with Crippen molar-refractivity contribution < 1.29 is 4.79 Å². The number of likely N-dealkylation sites (tertiary alicyclic amines) is 1. The van der Waals surface area contributed by atoms with Gasteiger partial charge in [-0.1, -0.05) is 13.8 Å². The molecule has 2 atom stereocenters. The minimum atomic E-state index is -0.00611. The molecule has 0 aliphatic carbocycles. The monoisotopic (exact) mass is 253 g/mol. The minimum Gasteiger partial charge on any atom is -0.323 e. The normalized spacial score (nSPS) is 31.6. The van der Waals surface area contributed by atoms with Crippen molar-refractivity contribution >= 4 is 5.91 Å². The van der Waals surface area contributed by atoms with E-state index in [0.717, 1.165) is 32.4 Å². The number of piperidine rings is 1. The van der Waals surface area contributed by atoms with Gasteiger partial charge in [-0.05, 0) is 52.2 Å². The Morgan fingerprint density at radius 2 is 1.94 bits per heavy atom. The van der Waals surface area contributed by atoms with Gasteiger partial charge in [0.2, 0.25) is 5.91 Å². The molecule has 18 heavy (non-hydrogen) atoms. The van der Waals surface area contributed by atoms with Crippen molar-refractivity contribution in [3.63, 3.8) is 0 Å². The van der Waals surface area contributed by atoms with E-state index in [1.54, 1.807) is 0 Å². The van der Waals surface area contributed by atoms with Crippen LogP contribution in [0.15, 0.2) is 0 Å². The molecule has 4 nitrogen and oxygen atoms in total. The third-order valence-electron chi connectivity index (χ3n) is 4.18. The van der Waals surface area contributed by atoms with Gasteiger partial charge in [0.15, 0.2) is 0 Å². The number of hydrogen-bond donors (Lipinski definition) is 1. The average Bonchev–Trinajstić information content (AvgIpc) is 2.55. The van der Waals surface area contributed by atoms with Crippen molar-refractivity contribution in [2.75, 3.05) is 20.1 Å². The van der Waals surface area contributed by atoms with Crippen LogP contribution in [0.2, 0.25) is 0 Å². The van der Waals surface area contributed by atoms with E-state index in [-0.39, 0.29) is 12.2 Å². The Labute approximate surface area is 111 Å². The van der Waals surface area contributed by atoms with Crippen molar-refractivity contribution in [3.8, 4) is 0 Å². The zero-order valence-corrected chi connectivity index (χ0v) is 12.1. The molecule has 0 radical (unpaired) electrons. The van der Waals surface area contributed by atoms with Gasteiger partial charge in [0.25, 0.3) is 0 Å². The number of amides is 1. The largest absolute Gasteiger partial charge is 0.323 e. The summed E-state index contributed by atoms with van der Waals surface area (Å²) in [6.07, 6.45) is 3.54. The molecule has 1 amide bonds. The number of carbonyl (C=O) groups excluding carboxylic acids is 1. The Balaban J connectivity index is 2.04. The van der Waals surface area contributed by atoms with Gasteiger partial charge in [-0.15, -0.1) is 0 Å². The maximum atomic E-state index is 12.3. The summed E-state index contributed by atoms with van der Waals surface area (Å²) in [7, 11) is 2.16. The van der Waals surface area contributed by atoms with E-state index in [9.17, 15) is 4.79 Å². The highest BCUT2D eigenvalue weighted by Crippen LogP contribution is 2.25. The lowest BCUT2D eigenvalue weighted by Gasteiger charge is -2.38. The highest BCUT2D eigenvalue weighted by Gasteiger charge is 2.40. The SMILES string of the molecule is CC(C)CC1NC(C)C(=O)N1C1CCN(C)CC1. The molecule has 104 valence electrons. The Bertz CT molecular complexity index is 297. The summed E-state index contributed by atoms with van der Waals surface area (Å²) >= 11 is 0. The highest BCUT2D eigenvalue weighted by atomic mass is 16.2. The second-order valence-electron chi connectivity index (χ2n) is 6.31. The predicted molar refractivity (Wildman–Crippen MR) is 73.2 cm³/mol. The zero-order chi connectivity index (χ0) is 13.3. The fourth-order valence-electron chi connectivity index (χ4n) is 3.15. The molecule has 4 heteroatoms. The van der Waals surface area contributed by atoms with E-state index in [1.165, 1.54) is 0 Å². The van der Waals surface area contributed by atoms with Crippen LogP contribution in [0.4, 0.5) is 0 Å². The van der Waals surface area contributed by atoms with E-state index < -0.39 is 0 Å². The van der Waals surface area contributed by atoms with Crippen LogP contribution in [-0.4, -0.2) is 54.1 Å². The number of rotatable bonds is 3. The van der Waals surface area contributed by atoms with Crippen LogP contribution in [0.25, 0.3) is 0 Å². The molecule has 0 bridgehead atoms. The van der Waals surface area contributed by atoms with Crippen molar-refractivity contribution in [2.45, 2.75) is 58.3 Å². The summed E-state index contributed by atoms with van der Waals surface area (Å²) in [6.45, 7) is 8.66. The van der Waals surface area contributed by atoms with Crippen LogP contribution in [0.1, 0.15) is 40.0 Å². The third-order valence-corrected chi connectivity index (χ3v) is 4.18. The predicted octanol–water partition coefficient (Wildman–Crippen LogP) is 1.27. The van der Waals surface area contributed by atoms with Gasteiger partial charge in [0, 0.05) is 6.04 Å². The van der Waals surface area contributed by atoms with Crippen molar-refractivity contribution in [3.05, 3.63) is 0 Å². The minimum absolute atomic E-state index is 0.00611.